The Labute approximate surface area is 123 Å². The summed E-state index contributed by atoms with van der Waals surface area (Å²) in [7, 11) is 0. The fraction of sp³-hybridized carbons (Fsp3) is 0.706. The Balaban J connectivity index is 1.80. The normalized spacial score (nSPS) is 22.9. The van der Waals surface area contributed by atoms with E-state index in [1.165, 1.54) is 37.7 Å². The van der Waals surface area contributed by atoms with E-state index in [2.05, 4.69) is 36.3 Å². The highest BCUT2D eigenvalue weighted by Gasteiger charge is 2.24. The van der Waals surface area contributed by atoms with Gasteiger partial charge >= 0.3 is 0 Å². The first-order chi connectivity index (χ1) is 9.83. The van der Waals surface area contributed by atoms with Crippen molar-refractivity contribution in [3.63, 3.8) is 0 Å². The van der Waals surface area contributed by atoms with Crippen LogP contribution in [0.1, 0.15) is 57.2 Å². The Morgan fingerprint density at radius 1 is 1.25 bits per heavy atom. The van der Waals surface area contributed by atoms with Crippen molar-refractivity contribution in [2.45, 2.75) is 65.2 Å². The van der Waals surface area contributed by atoms with Crippen molar-refractivity contribution >= 4 is 0 Å². The van der Waals surface area contributed by atoms with Gasteiger partial charge in [0.2, 0.25) is 0 Å². The molecule has 1 aromatic rings. The van der Waals surface area contributed by atoms with Gasteiger partial charge in [0.25, 0.3) is 0 Å². The largest absolute Gasteiger partial charge is 0.372 e. The van der Waals surface area contributed by atoms with E-state index in [0.717, 1.165) is 24.7 Å². The highest BCUT2D eigenvalue weighted by atomic mass is 16.5. The highest BCUT2D eigenvalue weighted by Crippen LogP contribution is 2.29. The van der Waals surface area contributed by atoms with Gasteiger partial charge in [0.05, 0.1) is 18.4 Å². The summed E-state index contributed by atoms with van der Waals surface area (Å²) >= 11 is 0. The first-order valence-corrected chi connectivity index (χ1v) is 8.09. The zero-order chi connectivity index (χ0) is 14.2. The van der Waals surface area contributed by atoms with Gasteiger partial charge in [-0.25, -0.2) is 0 Å². The molecule has 0 radical (unpaired) electrons. The van der Waals surface area contributed by atoms with Crippen molar-refractivity contribution in [1.82, 2.24) is 10.3 Å². The minimum absolute atomic E-state index is 0.442. The van der Waals surface area contributed by atoms with Gasteiger partial charge in [-0.1, -0.05) is 39.2 Å². The maximum absolute atomic E-state index is 6.12. The predicted molar refractivity (Wildman–Crippen MR) is 82.4 cm³/mol. The predicted octanol–water partition coefficient (Wildman–Crippen LogP) is 3.68. The number of hydrogen-bond donors (Lipinski definition) is 1. The molecule has 3 nitrogen and oxygen atoms in total. The third kappa shape index (κ3) is 4.57. The molecule has 2 rings (SSSR count). The number of ether oxygens (including phenoxy) is 1. The molecule has 2 unspecified atom stereocenters. The summed E-state index contributed by atoms with van der Waals surface area (Å²) in [5, 5.41) is 3.31. The molecule has 112 valence electrons. The van der Waals surface area contributed by atoms with Gasteiger partial charge in [-0.2, -0.15) is 0 Å². The van der Waals surface area contributed by atoms with Crippen LogP contribution >= 0.6 is 0 Å². The van der Waals surface area contributed by atoms with Crippen molar-refractivity contribution in [2.75, 3.05) is 6.54 Å². The second kappa shape index (κ2) is 8.38. The lowest BCUT2D eigenvalue weighted by atomic mass is 9.85. The SMILES string of the molecule is CCNCc1ccc(COC2CCCCC2CC)nc1. The van der Waals surface area contributed by atoms with Gasteiger partial charge in [0.1, 0.15) is 0 Å². The first kappa shape index (κ1) is 15.5. The summed E-state index contributed by atoms with van der Waals surface area (Å²) in [6.07, 6.45) is 8.87. The lowest BCUT2D eigenvalue weighted by molar-refractivity contribution is -0.0234. The van der Waals surface area contributed by atoms with Crippen LogP contribution in [0.25, 0.3) is 0 Å². The molecule has 1 aliphatic rings. The summed E-state index contributed by atoms with van der Waals surface area (Å²) in [6.45, 7) is 6.93. The minimum Gasteiger partial charge on any atom is -0.372 e. The third-order valence-electron chi connectivity index (χ3n) is 4.27. The van der Waals surface area contributed by atoms with E-state index in [1.807, 2.05) is 6.20 Å². The summed E-state index contributed by atoms with van der Waals surface area (Å²) in [6, 6.07) is 4.24. The molecule has 0 aromatic carbocycles. The zero-order valence-corrected chi connectivity index (χ0v) is 12.9. The van der Waals surface area contributed by atoms with E-state index >= 15 is 0 Å². The van der Waals surface area contributed by atoms with Crippen molar-refractivity contribution < 1.29 is 4.74 Å². The molecule has 3 heteroatoms. The highest BCUT2D eigenvalue weighted by molar-refractivity contribution is 5.13. The Hall–Kier alpha value is -0.930. The molecule has 1 aliphatic carbocycles. The van der Waals surface area contributed by atoms with Crippen LogP contribution in [-0.2, 0) is 17.9 Å². The smallest absolute Gasteiger partial charge is 0.0891 e. The lowest BCUT2D eigenvalue weighted by Crippen LogP contribution is -2.27. The topological polar surface area (TPSA) is 34.1 Å². The number of aromatic nitrogens is 1. The van der Waals surface area contributed by atoms with Crippen LogP contribution in [0.15, 0.2) is 18.3 Å². The molecule has 1 aromatic heterocycles. The van der Waals surface area contributed by atoms with Gasteiger partial charge in [0.15, 0.2) is 0 Å². The number of nitrogens with zero attached hydrogens (tertiary/aromatic N) is 1. The molecule has 1 N–H and O–H groups in total. The molecule has 20 heavy (non-hydrogen) atoms. The molecular formula is C17H28N2O. The Morgan fingerprint density at radius 2 is 2.10 bits per heavy atom. The molecular weight excluding hydrogens is 248 g/mol. The average Bonchev–Trinajstić information content (AvgIpc) is 2.52. The standard InChI is InChI=1S/C17H28N2O/c1-3-15-7-5-6-8-17(15)20-13-16-10-9-14(12-19-16)11-18-4-2/h9-10,12,15,17-18H,3-8,11,13H2,1-2H3. The van der Waals surface area contributed by atoms with E-state index in [-0.39, 0.29) is 0 Å². The molecule has 0 bridgehead atoms. The maximum atomic E-state index is 6.12. The minimum atomic E-state index is 0.442. The molecule has 0 amide bonds. The van der Waals surface area contributed by atoms with E-state index < -0.39 is 0 Å². The van der Waals surface area contributed by atoms with E-state index in [9.17, 15) is 0 Å². The Bertz CT molecular complexity index is 377. The number of pyridine rings is 1. The fourth-order valence-corrected chi connectivity index (χ4v) is 2.97. The Morgan fingerprint density at radius 3 is 2.80 bits per heavy atom. The third-order valence-corrected chi connectivity index (χ3v) is 4.27. The average molecular weight is 276 g/mol. The summed E-state index contributed by atoms with van der Waals surface area (Å²) in [4.78, 5) is 4.50. The quantitative estimate of drug-likeness (QED) is 0.825. The lowest BCUT2D eigenvalue weighted by Gasteiger charge is -2.30. The first-order valence-electron chi connectivity index (χ1n) is 8.09. The van der Waals surface area contributed by atoms with Crippen molar-refractivity contribution in [3.8, 4) is 0 Å². The van der Waals surface area contributed by atoms with Crippen LogP contribution in [0.2, 0.25) is 0 Å². The second-order valence-corrected chi connectivity index (χ2v) is 5.74. The Kier molecular flexibility index (Phi) is 6.48. The van der Waals surface area contributed by atoms with Crippen LogP contribution in [0.3, 0.4) is 0 Å². The molecule has 0 spiro atoms. The molecule has 1 fully saturated rings. The summed E-state index contributed by atoms with van der Waals surface area (Å²) in [5.41, 5.74) is 2.28. The number of rotatable bonds is 7. The van der Waals surface area contributed by atoms with Crippen LogP contribution in [-0.4, -0.2) is 17.6 Å². The van der Waals surface area contributed by atoms with Gasteiger partial charge < -0.3 is 10.1 Å². The van der Waals surface area contributed by atoms with Gasteiger partial charge in [-0.05, 0) is 36.9 Å². The fourth-order valence-electron chi connectivity index (χ4n) is 2.97. The van der Waals surface area contributed by atoms with Gasteiger partial charge in [-0.3, -0.25) is 4.98 Å². The van der Waals surface area contributed by atoms with Crippen molar-refractivity contribution in [2.24, 2.45) is 5.92 Å². The maximum Gasteiger partial charge on any atom is 0.0891 e. The van der Waals surface area contributed by atoms with Crippen LogP contribution in [0, 0.1) is 5.92 Å². The van der Waals surface area contributed by atoms with Gasteiger partial charge in [-0.15, -0.1) is 0 Å². The van der Waals surface area contributed by atoms with Crippen LogP contribution in [0.4, 0.5) is 0 Å². The summed E-state index contributed by atoms with van der Waals surface area (Å²) < 4.78 is 6.12. The molecule has 2 atom stereocenters. The van der Waals surface area contributed by atoms with E-state index in [1.54, 1.807) is 0 Å². The van der Waals surface area contributed by atoms with E-state index in [0.29, 0.717) is 12.7 Å². The number of nitrogens with one attached hydrogen (secondary N) is 1. The molecule has 1 saturated carbocycles. The molecule has 0 aliphatic heterocycles. The van der Waals surface area contributed by atoms with Crippen LogP contribution in [0.5, 0.6) is 0 Å². The van der Waals surface area contributed by atoms with Crippen molar-refractivity contribution in [3.05, 3.63) is 29.6 Å². The van der Waals surface area contributed by atoms with Crippen LogP contribution < -0.4 is 5.32 Å². The molecule has 0 saturated heterocycles. The van der Waals surface area contributed by atoms with Gasteiger partial charge in [0, 0.05) is 12.7 Å². The van der Waals surface area contributed by atoms with Crippen molar-refractivity contribution in [1.29, 1.82) is 0 Å². The monoisotopic (exact) mass is 276 g/mol. The van der Waals surface area contributed by atoms with E-state index in [4.69, 9.17) is 4.74 Å². The number of hydrogen-bond acceptors (Lipinski definition) is 3. The summed E-state index contributed by atoms with van der Waals surface area (Å²) in [5.74, 6) is 0.747. The zero-order valence-electron chi connectivity index (χ0n) is 12.9. The second-order valence-electron chi connectivity index (χ2n) is 5.74. The molecule has 1 heterocycles.